The molecular weight excluding hydrogens is 485 g/mol. The summed E-state index contributed by atoms with van der Waals surface area (Å²) in [6.45, 7) is -0.0364. The zero-order valence-corrected chi connectivity index (χ0v) is 18.3. The molecule has 0 radical (unpaired) electrons. The van der Waals surface area contributed by atoms with Gasteiger partial charge in [-0.05, 0) is 19.3 Å². The number of imidazole rings is 1. The van der Waals surface area contributed by atoms with Crippen molar-refractivity contribution in [1.29, 1.82) is 0 Å². The van der Waals surface area contributed by atoms with E-state index in [1.807, 2.05) is 0 Å². The fourth-order valence-corrected chi connectivity index (χ4v) is 5.98. The lowest BCUT2D eigenvalue weighted by molar-refractivity contribution is 0.00629. The Morgan fingerprint density at radius 3 is 2.52 bits per heavy atom. The van der Waals surface area contributed by atoms with Crippen LogP contribution in [0.2, 0.25) is 0 Å². The topological polar surface area (TPSA) is 233 Å². The third-order valence-corrected chi connectivity index (χ3v) is 7.94. The number of rotatable bonds is 10. The summed E-state index contributed by atoms with van der Waals surface area (Å²) in [7, 11) is -16.2. The molecule has 174 valence electrons. The van der Waals surface area contributed by atoms with Crippen LogP contribution >= 0.6 is 23.5 Å². The molecule has 0 aromatic carbocycles. The number of phosphoric acid groups is 3. The minimum atomic E-state index is -5.55. The Morgan fingerprint density at radius 1 is 1.10 bits per heavy atom. The molecule has 2 aromatic rings. The predicted molar refractivity (Wildman–Crippen MR) is 100 cm³/mol. The average Bonchev–Trinajstić information content (AvgIpc) is 3.22. The van der Waals surface area contributed by atoms with Crippen LogP contribution in [-0.4, -0.2) is 57.9 Å². The van der Waals surface area contributed by atoms with Gasteiger partial charge in [0.1, 0.15) is 0 Å². The summed E-state index contributed by atoms with van der Waals surface area (Å²) in [5.41, 5.74) is 0.280. The van der Waals surface area contributed by atoms with E-state index in [0.717, 1.165) is 0 Å². The molecule has 2 unspecified atom stereocenters. The molecule has 0 bridgehead atoms. The minimum Gasteiger partial charge on any atom is -0.373 e. The van der Waals surface area contributed by atoms with Crippen molar-refractivity contribution >= 4 is 34.6 Å². The second kappa shape index (κ2) is 9.30. The molecule has 4 atom stereocenters. The first kappa shape index (κ1) is 24.4. The molecule has 2 aromatic heterocycles. The van der Waals surface area contributed by atoms with Gasteiger partial charge in [0.2, 0.25) is 0 Å². The number of H-pyrrole nitrogens is 1. The van der Waals surface area contributed by atoms with Crippen molar-refractivity contribution in [3.8, 4) is 0 Å². The molecule has 1 fully saturated rings. The monoisotopic (exact) mass is 504 g/mol. The number of nitrogens with zero attached hydrogens (tertiary/aromatic N) is 3. The molecule has 16 nitrogen and oxygen atoms in total. The predicted octanol–water partition coefficient (Wildman–Crippen LogP) is 0.401. The maximum absolute atomic E-state index is 11.7. The molecule has 1 aliphatic rings. The van der Waals surface area contributed by atoms with E-state index < -0.39 is 36.2 Å². The van der Waals surface area contributed by atoms with Crippen molar-refractivity contribution in [2.24, 2.45) is 0 Å². The van der Waals surface area contributed by atoms with E-state index >= 15 is 0 Å². The van der Waals surface area contributed by atoms with Crippen LogP contribution in [0.3, 0.4) is 0 Å². The molecule has 0 saturated carbocycles. The van der Waals surface area contributed by atoms with Crippen LogP contribution in [0.1, 0.15) is 19.3 Å². The van der Waals surface area contributed by atoms with E-state index in [2.05, 4.69) is 28.1 Å². The van der Waals surface area contributed by atoms with E-state index in [1.165, 1.54) is 12.7 Å². The molecule has 0 spiro atoms. The highest BCUT2D eigenvalue weighted by Gasteiger charge is 2.41. The molecule has 31 heavy (non-hydrogen) atoms. The van der Waals surface area contributed by atoms with Gasteiger partial charge in [-0.15, -0.1) is 0 Å². The Bertz CT molecular complexity index is 1130. The van der Waals surface area contributed by atoms with Gasteiger partial charge in [-0.3, -0.25) is 9.32 Å². The number of aromatic nitrogens is 4. The average molecular weight is 504 g/mol. The van der Waals surface area contributed by atoms with Gasteiger partial charge in [-0.1, -0.05) is 0 Å². The summed E-state index contributed by atoms with van der Waals surface area (Å²) in [5.74, 6) is 0. The van der Waals surface area contributed by atoms with E-state index in [4.69, 9.17) is 19.4 Å². The van der Waals surface area contributed by atoms with E-state index in [9.17, 15) is 23.4 Å². The second-order valence-electron chi connectivity index (χ2n) is 6.47. The third kappa shape index (κ3) is 7.11. The van der Waals surface area contributed by atoms with Crippen LogP contribution < -0.4 is 5.56 Å². The largest absolute Gasteiger partial charge is 0.490 e. The third-order valence-electron chi connectivity index (χ3n) is 4.13. The summed E-state index contributed by atoms with van der Waals surface area (Å²) in [4.78, 5) is 57.7. The second-order valence-corrected chi connectivity index (χ2v) is 10.9. The van der Waals surface area contributed by atoms with Crippen molar-refractivity contribution in [3.05, 3.63) is 23.0 Å². The van der Waals surface area contributed by atoms with Crippen LogP contribution in [-0.2, 0) is 38.1 Å². The number of aryl methyl sites for hydroxylation is 1. The van der Waals surface area contributed by atoms with Crippen LogP contribution in [0.5, 0.6) is 0 Å². The van der Waals surface area contributed by atoms with Crippen LogP contribution in [0.4, 0.5) is 0 Å². The standard InChI is InChI=1S/C12H19N4O12P3/c17-12-10-11(13-6-14-12)16(7-15-10)4-3-8-1-2-9(26-8)5-25-30(21,22)28-31(23,24)27-29(18,19)20/h6-9H,1-5H2,(H,21,22)(H,23,24)(H,13,14,17)(H2,18,19,20)/t8-,9+/m1/s1. The van der Waals surface area contributed by atoms with Gasteiger partial charge in [0.15, 0.2) is 11.2 Å². The molecule has 19 heteroatoms. The highest BCUT2D eigenvalue weighted by molar-refractivity contribution is 7.66. The molecule has 3 heterocycles. The van der Waals surface area contributed by atoms with Crippen molar-refractivity contribution in [2.45, 2.75) is 38.0 Å². The highest BCUT2D eigenvalue weighted by Crippen LogP contribution is 2.66. The van der Waals surface area contributed by atoms with Crippen molar-refractivity contribution in [3.63, 3.8) is 0 Å². The van der Waals surface area contributed by atoms with Gasteiger partial charge in [0.25, 0.3) is 5.56 Å². The lowest BCUT2D eigenvalue weighted by Crippen LogP contribution is -2.18. The molecule has 0 aliphatic carbocycles. The Labute approximate surface area is 173 Å². The quantitative estimate of drug-likeness (QED) is 0.276. The molecular formula is C12H19N4O12P3. The van der Waals surface area contributed by atoms with E-state index in [-0.39, 0.29) is 17.2 Å². The first-order chi connectivity index (χ1) is 14.3. The fraction of sp³-hybridized carbons (Fsp3) is 0.583. The molecule has 5 N–H and O–H groups in total. The summed E-state index contributed by atoms with van der Waals surface area (Å²) in [6.07, 6.45) is 3.44. The summed E-state index contributed by atoms with van der Waals surface area (Å²) >= 11 is 0. The zero-order valence-electron chi connectivity index (χ0n) is 15.6. The number of nitrogens with one attached hydrogen (secondary N) is 1. The van der Waals surface area contributed by atoms with Crippen molar-refractivity contribution in [2.75, 3.05) is 6.61 Å². The molecule has 1 saturated heterocycles. The Balaban J connectivity index is 1.47. The van der Waals surface area contributed by atoms with E-state index in [0.29, 0.717) is 31.5 Å². The van der Waals surface area contributed by atoms with Crippen molar-refractivity contribution in [1.82, 2.24) is 19.5 Å². The minimum absolute atomic E-state index is 0.212. The lowest BCUT2D eigenvalue weighted by Gasteiger charge is -2.18. The molecule has 0 amide bonds. The fourth-order valence-electron chi connectivity index (χ4n) is 2.93. The SMILES string of the molecule is O=c1[nH]cnc2c1ncn2CC[C@H]1CC[C@@H](COP(=O)(O)OP(=O)(O)OP(=O)(O)O)O1. The van der Waals surface area contributed by atoms with Crippen LogP contribution in [0.25, 0.3) is 11.2 Å². The van der Waals surface area contributed by atoms with Gasteiger partial charge >= 0.3 is 23.5 Å². The maximum atomic E-state index is 11.7. The zero-order chi connectivity index (χ0) is 22.9. The van der Waals surface area contributed by atoms with Gasteiger partial charge in [0, 0.05) is 6.54 Å². The van der Waals surface area contributed by atoms with Crippen LogP contribution in [0.15, 0.2) is 17.4 Å². The first-order valence-corrected chi connectivity index (χ1v) is 13.2. The summed E-state index contributed by atoms with van der Waals surface area (Å²) < 4.78 is 52.8. The highest BCUT2D eigenvalue weighted by atomic mass is 31.3. The number of hydrogen-bond acceptors (Lipinski definition) is 10. The number of aromatic amines is 1. The Kier molecular flexibility index (Phi) is 7.31. The number of phosphoric ester groups is 1. The summed E-state index contributed by atoms with van der Waals surface area (Å²) in [6, 6.07) is 0. The smallest absolute Gasteiger partial charge is 0.373 e. The lowest BCUT2D eigenvalue weighted by atomic mass is 10.1. The normalized spacial score (nSPS) is 23.6. The van der Waals surface area contributed by atoms with Gasteiger partial charge < -0.3 is 33.9 Å². The summed E-state index contributed by atoms with van der Waals surface area (Å²) in [5, 5.41) is 0. The van der Waals surface area contributed by atoms with Crippen molar-refractivity contribution < 1.29 is 51.2 Å². The number of fused-ring (bicyclic) bond motifs is 1. The van der Waals surface area contributed by atoms with Gasteiger partial charge in [-0.2, -0.15) is 8.62 Å². The Morgan fingerprint density at radius 2 is 1.81 bits per heavy atom. The molecule has 1 aliphatic heterocycles. The number of ether oxygens (including phenoxy) is 1. The maximum Gasteiger partial charge on any atom is 0.490 e. The van der Waals surface area contributed by atoms with Gasteiger partial charge in [-0.25, -0.2) is 23.7 Å². The van der Waals surface area contributed by atoms with E-state index in [1.54, 1.807) is 4.57 Å². The molecule has 3 rings (SSSR count). The van der Waals surface area contributed by atoms with Gasteiger partial charge in [0.05, 0.1) is 31.5 Å². The Hall–Kier alpha value is -1.28. The van der Waals surface area contributed by atoms with Crippen LogP contribution in [0, 0.1) is 0 Å². The number of hydrogen-bond donors (Lipinski definition) is 5. The first-order valence-electron chi connectivity index (χ1n) is 8.66.